The highest BCUT2D eigenvalue weighted by molar-refractivity contribution is 7.07. The fraction of sp³-hybridized carbons (Fsp3) is 0.240. The van der Waals surface area contributed by atoms with E-state index in [0.717, 1.165) is 11.3 Å². The van der Waals surface area contributed by atoms with Crippen molar-refractivity contribution >= 4 is 40.7 Å². The van der Waals surface area contributed by atoms with Gasteiger partial charge < -0.3 is 14.7 Å². The number of hydrogen-bond acceptors (Lipinski definition) is 7. The molecule has 0 bridgehead atoms. The minimum Gasteiger partial charge on any atom is -0.507 e. The average Bonchev–Trinajstić information content (AvgIpc) is 3.10. The number of phenolic OH excluding ortho intramolecular Hbond substituents is 1. The van der Waals surface area contributed by atoms with Crippen LogP contribution in [0.25, 0.3) is 6.08 Å². The molecule has 2 aromatic carbocycles. The molecule has 9 heteroatoms. The van der Waals surface area contributed by atoms with E-state index >= 15 is 0 Å². The van der Waals surface area contributed by atoms with Crippen LogP contribution in [0.5, 0.6) is 5.75 Å². The third-order valence-corrected chi connectivity index (χ3v) is 6.74. The minimum atomic E-state index is -0.693. The van der Waals surface area contributed by atoms with Crippen molar-refractivity contribution in [3.63, 3.8) is 0 Å². The predicted molar refractivity (Wildman–Crippen MR) is 134 cm³/mol. The van der Waals surface area contributed by atoms with Gasteiger partial charge in [0.25, 0.3) is 5.56 Å². The van der Waals surface area contributed by atoms with Crippen molar-refractivity contribution in [2.75, 3.05) is 25.6 Å². The number of phenols is 1. The Labute approximate surface area is 205 Å². The molecule has 0 fully saturated rings. The molecule has 1 atom stereocenters. The van der Waals surface area contributed by atoms with E-state index in [9.17, 15) is 14.7 Å². The molecule has 0 spiro atoms. The smallest absolute Gasteiger partial charge is 0.338 e. The van der Waals surface area contributed by atoms with Crippen LogP contribution < -0.4 is 19.8 Å². The standard InChI is InChI=1S/C25H24ClN3O4S/c1-5-33-24(32)21-14(2)27-25-29(22(21)15-6-9-18(10-7-15)28(3)4)23(31)20(34-25)13-16-12-17(26)8-11-19(16)30/h6-13,22,30H,5H2,1-4H3/b20-13-/t22-/m0/s1. The molecule has 1 aliphatic heterocycles. The Morgan fingerprint density at radius 1 is 1.26 bits per heavy atom. The molecule has 2 heterocycles. The van der Waals surface area contributed by atoms with Crippen LogP contribution in [0.2, 0.25) is 5.02 Å². The monoisotopic (exact) mass is 497 g/mol. The van der Waals surface area contributed by atoms with Gasteiger partial charge in [0.05, 0.1) is 28.5 Å². The van der Waals surface area contributed by atoms with Crippen molar-refractivity contribution < 1.29 is 14.6 Å². The Kier molecular flexibility index (Phi) is 6.63. The van der Waals surface area contributed by atoms with Gasteiger partial charge in [-0.05, 0) is 55.8 Å². The second-order valence-corrected chi connectivity index (χ2v) is 9.44. The van der Waals surface area contributed by atoms with Gasteiger partial charge >= 0.3 is 5.97 Å². The molecule has 1 N–H and O–H groups in total. The van der Waals surface area contributed by atoms with E-state index in [1.54, 1.807) is 32.1 Å². The van der Waals surface area contributed by atoms with Gasteiger partial charge in [-0.1, -0.05) is 35.1 Å². The molecule has 1 aliphatic rings. The third-order valence-electron chi connectivity index (χ3n) is 5.52. The SMILES string of the molecule is CCOC(=O)C1=C(C)N=c2s/c(=C\c3cc(Cl)ccc3O)c(=O)n2[C@H]1c1ccc(N(C)C)cc1. The zero-order valence-electron chi connectivity index (χ0n) is 19.2. The largest absolute Gasteiger partial charge is 0.507 e. The second-order valence-electron chi connectivity index (χ2n) is 7.99. The van der Waals surface area contributed by atoms with Crippen molar-refractivity contribution in [3.8, 4) is 5.75 Å². The van der Waals surface area contributed by atoms with Gasteiger partial charge in [-0.25, -0.2) is 9.79 Å². The molecule has 0 radical (unpaired) electrons. The highest BCUT2D eigenvalue weighted by atomic mass is 35.5. The summed E-state index contributed by atoms with van der Waals surface area (Å²) in [6.07, 6.45) is 1.58. The second kappa shape index (κ2) is 9.48. The third kappa shape index (κ3) is 4.38. The topological polar surface area (TPSA) is 84.1 Å². The molecule has 0 aliphatic carbocycles. The maximum absolute atomic E-state index is 13.6. The lowest BCUT2D eigenvalue weighted by atomic mass is 9.95. The molecule has 3 aromatic rings. The first-order chi connectivity index (χ1) is 16.2. The van der Waals surface area contributed by atoms with Crippen molar-refractivity contribution in [1.29, 1.82) is 0 Å². The molecule has 0 unspecified atom stereocenters. The van der Waals surface area contributed by atoms with E-state index in [1.807, 2.05) is 43.3 Å². The number of esters is 1. The van der Waals surface area contributed by atoms with Gasteiger partial charge in [0, 0.05) is 30.4 Å². The highest BCUT2D eigenvalue weighted by Crippen LogP contribution is 2.31. The van der Waals surface area contributed by atoms with Crippen LogP contribution in [0.15, 0.2) is 63.5 Å². The number of nitrogens with zero attached hydrogens (tertiary/aromatic N) is 3. The molecule has 0 saturated carbocycles. The van der Waals surface area contributed by atoms with E-state index in [4.69, 9.17) is 16.3 Å². The van der Waals surface area contributed by atoms with E-state index in [-0.39, 0.29) is 17.9 Å². The van der Waals surface area contributed by atoms with Gasteiger partial charge in [0.1, 0.15) is 5.75 Å². The van der Waals surface area contributed by atoms with Gasteiger partial charge in [-0.3, -0.25) is 9.36 Å². The zero-order chi connectivity index (χ0) is 24.6. The fourth-order valence-electron chi connectivity index (χ4n) is 3.84. The first-order valence-electron chi connectivity index (χ1n) is 10.7. The maximum Gasteiger partial charge on any atom is 0.338 e. The summed E-state index contributed by atoms with van der Waals surface area (Å²) < 4.78 is 7.20. The van der Waals surface area contributed by atoms with Crippen LogP contribution in [-0.2, 0) is 9.53 Å². The fourth-order valence-corrected chi connectivity index (χ4v) is 5.06. The molecule has 7 nitrogen and oxygen atoms in total. The number of anilines is 1. The number of halogens is 1. The first kappa shape index (κ1) is 23.8. The maximum atomic E-state index is 13.6. The molecular formula is C25H24ClN3O4S. The number of hydrogen-bond donors (Lipinski definition) is 1. The van der Waals surface area contributed by atoms with Gasteiger partial charge in [-0.15, -0.1) is 0 Å². The number of benzene rings is 2. The quantitative estimate of drug-likeness (QED) is 0.547. The number of ether oxygens (including phenoxy) is 1. The normalized spacial score (nSPS) is 15.7. The lowest BCUT2D eigenvalue weighted by Gasteiger charge is -2.25. The van der Waals surface area contributed by atoms with E-state index in [1.165, 1.54) is 22.0 Å². The Morgan fingerprint density at radius 2 is 1.97 bits per heavy atom. The molecule has 0 amide bonds. The number of allylic oxidation sites excluding steroid dienone is 1. The van der Waals surface area contributed by atoms with Crippen LogP contribution in [-0.4, -0.2) is 36.3 Å². The summed E-state index contributed by atoms with van der Waals surface area (Å²) in [6, 6.07) is 11.6. The van der Waals surface area contributed by atoms with Crippen LogP contribution in [0.4, 0.5) is 5.69 Å². The number of carbonyl (C=O) groups is 1. The van der Waals surface area contributed by atoms with Crippen LogP contribution in [0, 0.1) is 0 Å². The lowest BCUT2D eigenvalue weighted by molar-refractivity contribution is -0.139. The summed E-state index contributed by atoms with van der Waals surface area (Å²) >= 11 is 7.26. The van der Waals surface area contributed by atoms with E-state index < -0.39 is 12.0 Å². The first-order valence-corrected chi connectivity index (χ1v) is 11.9. The molecule has 4 rings (SSSR count). The highest BCUT2D eigenvalue weighted by Gasteiger charge is 2.33. The average molecular weight is 498 g/mol. The number of carbonyl (C=O) groups excluding carboxylic acids is 1. The summed E-state index contributed by atoms with van der Waals surface area (Å²) in [4.78, 5) is 33.5. The lowest BCUT2D eigenvalue weighted by Crippen LogP contribution is -2.39. The zero-order valence-corrected chi connectivity index (χ0v) is 20.8. The number of aromatic nitrogens is 1. The van der Waals surface area contributed by atoms with Gasteiger partial charge in [0.15, 0.2) is 4.80 Å². The van der Waals surface area contributed by atoms with Crippen LogP contribution in [0.1, 0.15) is 31.0 Å². The van der Waals surface area contributed by atoms with E-state index in [0.29, 0.717) is 31.2 Å². The molecular weight excluding hydrogens is 474 g/mol. The predicted octanol–water partition coefficient (Wildman–Crippen LogP) is 3.22. The van der Waals surface area contributed by atoms with Crippen molar-refractivity contribution in [2.45, 2.75) is 19.9 Å². The Balaban J connectivity index is 1.95. The Hall–Kier alpha value is -3.36. The van der Waals surface area contributed by atoms with Crippen LogP contribution in [0.3, 0.4) is 0 Å². The summed E-state index contributed by atoms with van der Waals surface area (Å²) in [5.74, 6) is -0.498. The van der Waals surface area contributed by atoms with Crippen LogP contribution >= 0.6 is 22.9 Å². The Bertz CT molecular complexity index is 1470. The number of fused-ring (bicyclic) bond motifs is 1. The molecule has 34 heavy (non-hydrogen) atoms. The summed E-state index contributed by atoms with van der Waals surface area (Å²) in [5, 5.41) is 10.7. The van der Waals surface area contributed by atoms with Crippen molar-refractivity contribution in [2.24, 2.45) is 4.99 Å². The van der Waals surface area contributed by atoms with Crippen molar-refractivity contribution in [1.82, 2.24) is 4.57 Å². The summed E-state index contributed by atoms with van der Waals surface area (Å²) in [7, 11) is 3.88. The number of thiazole rings is 1. The molecule has 0 saturated heterocycles. The molecule has 1 aromatic heterocycles. The van der Waals surface area contributed by atoms with Gasteiger partial charge in [-0.2, -0.15) is 0 Å². The molecule has 176 valence electrons. The summed E-state index contributed by atoms with van der Waals surface area (Å²) in [5.41, 5.74) is 2.68. The number of aromatic hydroxyl groups is 1. The Morgan fingerprint density at radius 3 is 2.62 bits per heavy atom. The summed E-state index contributed by atoms with van der Waals surface area (Å²) in [6.45, 7) is 3.69. The van der Waals surface area contributed by atoms with E-state index in [2.05, 4.69) is 4.99 Å². The van der Waals surface area contributed by atoms with Gasteiger partial charge in [0.2, 0.25) is 0 Å². The van der Waals surface area contributed by atoms with Crippen molar-refractivity contribution in [3.05, 3.63) is 89.6 Å². The number of rotatable bonds is 5. The minimum absolute atomic E-state index is 0.00875.